The van der Waals surface area contributed by atoms with E-state index in [1.165, 1.54) is 206 Å². The Bertz CT molecular complexity index is 724. The fourth-order valence-corrected chi connectivity index (χ4v) is 8.59. The molecule has 1 heterocycles. The van der Waals surface area contributed by atoms with Crippen molar-refractivity contribution in [2.24, 2.45) is 11.8 Å². The van der Waals surface area contributed by atoms with Crippen LogP contribution in [0.1, 0.15) is 252 Å². The van der Waals surface area contributed by atoms with Gasteiger partial charge in [0.05, 0.1) is 12.7 Å². The van der Waals surface area contributed by atoms with Crippen molar-refractivity contribution < 1.29 is 14.3 Å². The summed E-state index contributed by atoms with van der Waals surface area (Å²) >= 11 is 0. The Morgan fingerprint density at radius 2 is 0.942 bits per heavy atom. The highest BCUT2D eigenvalue weighted by Crippen LogP contribution is 2.26. The molecule has 1 rings (SSSR count). The van der Waals surface area contributed by atoms with Gasteiger partial charge < -0.3 is 14.4 Å². The predicted molar refractivity (Wildman–Crippen MR) is 228 cm³/mol. The van der Waals surface area contributed by atoms with Gasteiger partial charge in [0, 0.05) is 13.0 Å². The fourth-order valence-electron chi connectivity index (χ4n) is 8.59. The summed E-state index contributed by atoms with van der Waals surface area (Å²) in [6, 6.07) is 0. The van der Waals surface area contributed by atoms with Crippen molar-refractivity contribution in [1.29, 1.82) is 0 Å². The first kappa shape index (κ1) is 49.4. The molecule has 0 aromatic heterocycles. The smallest absolute Gasteiger partial charge is 0.305 e. The van der Waals surface area contributed by atoms with Crippen molar-refractivity contribution in [2.75, 3.05) is 32.8 Å². The average Bonchev–Trinajstić information content (AvgIpc) is 3.15. The minimum absolute atomic E-state index is 0.0348. The topological polar surface area (TPSA) is 38.8 Å². The molecule has 0 radical (unpaired) electrons. The van der Waals surface area contributed by atoms with Crippen LogP contribution in [-0.2, 0) is 14.3 Å². The van der Waals surface area contributed by atoms with Gasteiger partial charge in [0.1, 0.15) is 0 Å². The Hall–Kier alpha value is -0.610. The van der Waals surface area contributed by atoms with Crippen molar-refractivity contribution in [3.05, 3.63) is 0 Å². The van der Waals surface area contributed by atoms with Gasteiger partial charge in [-0.15, -0.1) is 0 Å². The van der Waals surface area contributed by atoms with Crippen LogP contribution in [-0.4, -0.2) is 49.8 Å². The van der Waals surface area contributed by atoms with E-state index in [2.05, 4.69) is 32.6 Å². The number of rotatable bonds is 14. The normalized spacial score (nSPS) is 23.9. The Morgan fingerprint density at radius 1 is 0.519 bits per heavy atom. The Balaban J connectivity index is 2.54. The van der Waals surface area contributed by atoms with E-state index in [0.717, 1.165) is 50.8 Å². The van der Waals surface area contributed by atoms with Gasteiger partial charge in [0.25, 0.3) is 0 Å². The number of esters is 1. The van der Waals surface area contributed by atoms with Gasteiger partial charge in [-0.25, -0.2) is 0 Å². The van der Waals surface area contributed by atoms with Crippen molar-refractivity contribution >= 4 is 5.97 Å². The number of ether oxygens (including phenoxy) is 2. The summed E-state index contributed by atoms with van der Waals surface area (Å²) < 4.78 is 12.3. The fraction of sp³-hybridized carbons (Fsp3) is 0.979. The first-order valence-corrected chi connectivity index (χ1v) is 24.1. The van der Waals surface area contributed by atoms with Crippen LogP contribution in [0, 0.1) is 11.8 Å². The first-order chi connectivity index (χ1) is 25.6. The zero-order valence-electron chi connectivity index (χ0n) is 36.2. The van der Waals surface area contributed by atoms with Crippen molar-refractivity contribution in [2.45, 2.75) is 259 Å². The molecule has 1 fully saturated rings. The van der Waals surface area contributed by atoms with E-state index in [-0.39, 0.29) is 5.97 Å². The van der Waals surface area contributed by atoms with Crippen LogP contribution in [0.3, 0.4) is 0 Å². The molecular weight excluding hydrogens is 639 g/mol. The molecule has 4 heteroatoms. The zero-order chi connectivity index (χ0) is 37.6. The second-order valence-electron chi connectivity index (χ2n) is 17.0. The van der Waals surface area contributed by atoms with Crippen molar-refractivity contribution in [1.82, 2.24) is 4.90 Å². The molecule has 0 amide bonds. The van der Waals surface area contributed by atoms with E-state index >= 15 is 0 Å². The molecule has 1 saturated heterocycles. The third-order valence-corrected chi connectivity index (χ3v) is 12.4. The number of hydrogen-bond donors (Lipinski definition) is 0. The van der Waals surface area contributed by atoms with Crippen LogP contribution >= 0.6 is 0 Å². The molecule has 1 aliphatic rings. The van der Waals surface area contributed by atoms with Gasteiger partial charge in [0.15, 0.2) is 0 Å². The van der Waals surface area contributed by atoms with Crippen molar-refractivity contribution in [3.8, 4) is 0 Å². The van der Waals surface area contributed by atoms with Crippen LogP contribution in [0.5, 0.6) is 0 Å². The highest BCUT2D eigenvalue weighted by Gasteiger charge is 2.13. The second-order valence-corrected chi connectivity index (χ2v) is 17.0. The maximum atomic E-state index is 12.5. The molecular formula is C48H95NO3. The van der Waals surface area contributed by atoms with Gasteiger partial charge in [-0.05, 0) is 70.0 Å². The minimum atomic E-state index is 0.0348. The van der Waals surface area contributed by atoms with E-state index < -0.39 is 0 Å². The maximum Gasteiger partial charge on any atom is 0.305 e. The molecule has 52 heavy (non-hydrogen) atoms. The number of nitrogens with zero attached hydrogens (tertiary/aromatic N) is 1. The Morgan fingerprint density at radius 3 is 1.40 bits per heavy atom. The molecule has 0 bridgehead atoms. The maximum absolute atomic E-state index is 12.5. The van der Waals surface area contributed by atoms with E-state index in [1.807, 2.05) is 0 Å². The van der Waals surface area contributed by atoms with E-state index in [1.54, 1.807) is 0 Å². The molecule has 0 aliphatic carbocycles. The van der Waals surface area contributed by atoms with Crippen LogP contribution < -0.4 is 0 Å². The Labute approximate surface area is 327 Å². The summed E-state index contributed by atoms with van der Waals surface area (Å²) in [5.41, 5.74) is 0. The lowest BCUT2D eigenvalue weighted by atomic mass is 9.89. The monoisotopic (exact) mass is 734 g/mol. The van der Waals surface area contributed by atoms with E-state index in [4.69, 9.17) is 9.47 Å². The zero-order valence-corrected chi connectivity index (χ0v) is 36.2. The summed E-state index contributed by atoms with van der Waals surface area (Å²) in [6.07, 6.45) is 46.4. The summed E-state index contributed by atoms with van der Waals surface area (Å²) in [7, 11) is 0. The molecule has 1 aliphatic heterocycles. The van der Waals surface area contributed by atoms with Gasteiger partial charge in [0.2, 0.25) is 0 Å². The summed E-state index contributed by atoms with van der Waals surface area (Å²) in [4.78, 5) is 15.0. The third-order valence-electron chi connectivity index (χ3n) is 12.4. The number of cyclic esters (lactones) is 1. The first-order valence-electron chi connectivity index (χ1n) is 24.1. The second kappa shape index (κ2) is 38.7. The van der Waals surface area contributed by atoms with Gasteiger partial charge >= 0.3 is 5.97 Å². The highest BCUT2D eigenvalue weighted by atomic mass is 16.5. The van der Waals surface area contributed by atoms with Gasteiger partial charge in [-0.3, -0.25) is 4.79 Å². The molecule has 0 N–H and O–H groups in total. The summed E-state index contributed by atoms with van der Waals surface area (Å²) in [5.74, 6) is 1.73. The predicted octanol–water partition coefficient (Wildman–Crippen LogP) is 15.2. The summed E-state index contributed by atoms with van der Waals surface area (Å²) in [6.45, 7) is 14.3. The standard InChI is InChI=1S/C48H95NO3/c1-5-9-33-45-35-25-19-15-12-11-13-16-20-28-38-47(51-43-32-31-42-49(7-3)8-4)39-29-21-17-14-18-22-30-40-48(50)52-44-41-46(34-10-6-2)37-27-24-23-26-36-45/h45-47H,5-44H2,1-4H3. The van der Waals surface area contributed by atoms with Crippen molar-refractivity contribution in [3.63, 3.8) is 0 Å². The number of unbranched alkanes of at least 4 members (excludes halogenated alkanes) is 3. The molecule has 0 aromatic carbocycles. The molecule has 0 aromatic rings. The lowest BCUT2D eigenvalue weighted by Gasteiger charge is -2.20. The van der Waals surface area contributed by atoms with Crippen LogP contribution in [0.2, 0.25) is 0 Å². The summed E-state index contributed by atoms with van der Waals surface area (Å²) in [5, 5.41) is 0. The minimum Gasteiger partial charge on any atom is -0.466 e. The molecule has 0 spiro atoms. The van der Waals surface area contributed by atoms with Crippen LogP contribution in [0.4, 0.5) is 0 Å². The van der Waals surface area contributed by atoms with E-state index in [0.29, 0.717) is 19.1 Å². The van der Waals surface area contributed by atoms with Crippen LogP contribution in [0.15, 0.2) is 0 Å². The lowest BCUT2D eigenvalue weighted by molar-refractivity contribution is -0.144. The number of hydrogen-bond acceptors (Lipinski definition) is 4. The number of carbonyl (C=O) groups excluding carboxylic acids is 1. The average molecular weight is 734 g/mol. The molecule has 3 unspecified atom stereocenters. The quantitative estimate of drug-likeness (QED) is 0.132. The lowest BCUT2D eigenvalue weighted by Crippen LogP contribution is -2.24. The molecule has 0 saturated carbocycles. The molecule has 310 valence electrons. The number of carbonyl (C=O) groups is 1. The highest BCUT2D eigenvalue weighted by molar-refractivity contribution is 5.69. The Kier molecular flexibility index (Phi) is 36.7. The SMILES string of the molecule is CCCCC1CCCCCCCCCCCC(OCCCCN(CC)CC)CCCCCCCCCC(=O)OCCC(CCCC)CCCCCC1. The molecule has 4 nitrogen and oxygen atoms in total. The van der Waals surface area contributed by atoms with Crippen LogP contribution in [0.25, 0.3) is 0 Å². The third kappa shape index (κ3) is 31.7. The van der Waals surface area contributed by atoms with E-state index in [9.17, 15) is 4.79 Å². The largest absolute Gasteiger partial charge is 0.466 e. The van der Waals surface area contributed by atoms with Gasteiger partial charge in [-0.2, -0.15) is 0 Å². The molecule has 3 atom stereocenters. The van der Waals surface area contributed by atoms with Gasteiger partial charge in [-0.1, -0.05) is 207 Å².